The fraction of sp³-hybridized carbons (Fsp3) is 0.429. The van der Waals surface area contributed by atoms with E-state index in [0.29, 0.717) is 23.8 Å². The van der Waals surface area contributed by atoms with Gasteiger partial charge in [0.1, 0.15) is 6.07 Å². The Morgan fingerprint density at radius 3 is 1.39 bits per heavy atom. The van der Waals surface area contributed by atoms with Gasteiger partial charge in [0.25, 0.3) is 23.6 Å². The highest BCUT2D eigenvalue weighted by molar-refractivity contribution is 6.76. The number of benzene rings is 2. The highest BCUT2D eigenvalue weighted by atomic mass is 35.5. The molecule has 0 bridgehead atoms. The predicted molar refractivity (Wildman–Crippen MR) is 161 cm³/mol. The molecule has 10 nitrogen and oxygen atoms in total. The summed E-state index contributed by atoms with van der Waals surface area (Å²) in [7, 11) is -2.02. The van der Waals surface area contributed by atoms with Crippen LogP contribution < -0.4 is 0 Å². The smallest absolute Gasteiger partial charge is 0.285 e. The standard InChI is InChI=1S/C14H19NO4Si.C8H5NO3.C6H15ClOSi/c1-20(2,3)9-8-18-10-19-15-13(16)11-6-4-5-7-12(11)14(15)17;10-7-5-3-1-2-4-6(5)8(11)9(7)12;1-9(2,3)5-4-8-6-7/h4-7H,8-10H2,1-3H3;1-4,12H;4-6H2,1-3H3. The minimum atomic E-state index is -1.15. The Balaban J connectivity index is 0.000000238. The summed E-state index contributed by atoms with van der Waals surface area (Å²) in [6.45, 7) is 15.1. The first-order valence-electron chi connectivity index (χ1n) is 13.2. The molecule has 0 saturated carbocycles. The van der Waals surface area contributed by atoms with Gasteiger partial charge in [-0.05, 0) is 36.4 Å². The van der Waals surface area contributed by atoms with E-state index in [4.69, 9.17) is 31.1 Å². The molecule has 0 aromatic heterocycles. The number of halogens is 1. The van der Waals surface area contributed by atoms with E-state index in [0.717, 1.165) is 17.7 Å². The minimum Gasteiger partial charge on any atom is -0.366 e. The summed E-state index contributed by atoms with van der Waals surface area (Å²) in [6, 6.07) is 15.5. The van der Waals surface area contributed by atoms with Crippen molar-refractivity contribution in [3.05, 3.63) is 70.8 Å². The monoisotopic (exact) mass is 622 g/mol. The molecule has 0 atom stereocenters. The molecule has 41 heavy (non-hydrogen) atoms. The zero-order valence-corrected chi connectivity index (χ0v) is 27.2. The third-order valence-corrected chi connectivity index (χ3v) is 9.43. The van der Waals surface area contributed by atoms with Crippen molar-refractivity contribution in [2.45, 2.75) is 51.4 Å². The van der Waals surface area contributed by atoms with Crippen molar-refractivity contribution in [2.75, 3.05) is 26.1 Å². The van der Waals surface area contributed by atoms with E-state index < -0.39 is 39.8 Å². The Labute approximate surface area is 248 Å². The zero-order chi connectivity index (χ0) is 30.8. The Hall–Kier alpha value is -2.72. The minimum absolute atomic E-state index is 0.0874. The molecule has 2 aliphatic rings. The predicted octanol–water partition coefficient (Wildman–Crippen LogP) is 5.74. The summed E-state index contributed by atoms with van der Waals surface area (Å²) >= 11 is 5.32. The van der Waals surface area contributed by atoms with Gasteiger partial charge < -0.3 is 9.47 Å². The number of carbonyl (C=O) groups is 4. The summed E-state index contributed by atoms with van der Waals surface area (Å²) in [5, 5.41) is 9.83. The molecule has 224 valence electrons. The lowest BCUT2D eigenvalue weighted by molar-refractivity contribution is -0.167. The van der Waals surface area contributed by atoms with Crippen molar-refractivity contribution in [1.82, 2.24) is 10.1 Å². The van der Waals surface area contributed by atoms with Crippen molar-refractivity contribution >= 4 is 51.4 Å². The van der Waals surface area contributed by atoms with Crippen LogP contribution >= 0.6 is 11.6 Å². The van der Waals surface area contributed by atoms with Crippen LogP contribution in [0.5, 0.6) is 0 Å². The Morgan fingerprint density at radius 2 is 1.02 bits per heavy atom. The molecule has 0 unspecified atom stereocenters. The second-order valence-corrected chi connectivity index (χ2v) is 23.2. The number of rotatable bonds is 10. The first-order chi connectivity index (χ1) is 19.2. The average molecular weight is 623 g/mol. The van der Waals surface area contributed by atoms with Crippen molar-refractivity contribution in [2.24, 2.45) is 0 Å². The third kappa shape index (κ3) is 10.6. The van der Waals surface area contributed by atoms with Crippen LogP contribution in [0, 0.1) is 0 Å². The third-order valence-electron chi connectivity index (χ3n) is 5.86. The van der Waals surface area contributed by atoms with Gasteiger partial charge >= 0.3 is 0 Å². The van der Waals surface area contributed by atoms with Crippen LogP contribution in [0.15, 0.2) is 48.5 Å². The number of fused-ring (bicyclic) bond motifs is 2. The Bertz CT molecular complexity index is 1160. The number of hydrogen-bond donors (Lipinski definition) is 1. The van der Waals surface area contributed by atoms with Gasteiger partial charge in [0, 0.05) is 29.4 Å². The molecule has 2 heterocycles. The maximum Gasteiger partial charge on any atom is 0.285 e. The molecule has 13 heteroatoms. The molecule has 2 aliphatic heterocycles. The molecule has 4 rings (SSSR count). The first-order valence-corrected chi connectivity index (χ1v) is 21.1. The largest absolute Gasteiger partial charge is 0.366 e. The number of hydroxylamine groups is 4. The maximum absolute atomic E-state index is 12.0. The number of amides is 4. The van der Waals surface area contributed by atoms with Gasteiger partial charge in [-0.1, -0.05) is 75.1 Å². The van der Waals surface area contributed by atoms with E-state index in [2.05, 4.69) is 39.3 Å². The number of ether oxygens (including phenoxy) is 2. The number of imide groups is 2. The number of alkyl halides is 1. The van der Waals surface area contributed by atoms with Crippen LogP contribution in [-0.2, 0) is 14.3 Å². The molecule has 1 N–H and O–H groups in total. The second kappa shape index (κ2) is 15.5. The summed E-state index contributed by atoms with van der Waals surface area (Å²) in [6.07, 6.45) is 0. The van der Waals surface area contributed by atoms with Gasteiger partial charge in [0.2, 0.25) is 0 Å². The molecular formula is C28H39ClN2O8Si2. The second-order valence-electron chi connectivity index (χ2n) is 11.7. The number of hydrogen-bond acceptors (Lipinski definition) is 8. The lowest BCUT2D eigenvalue weighted by Gasteiger charge is -2.17. The van der Waals surface area contributed by atoms with E-state index >= 15 is 0 Å². The maximum atomic E-state index is 12.0. The van der Waals surface area contributed by atoms with Crippen LogP contribution in [0.3, 0.4) is 0 Å². The summed E-state index contributed by atoms with van der Waals surface area (Å²) in [4.78, 5) is 51.2. The molecule has 2 aromatic carbocycles. The van der Waals surface area contributed by atoms with Gasteiger partial charge in [-0.25, -0.2) is 4.84 Å². The molecule has 0 aliphatic carbocycles. The molecule has 0 saturated heterocycles. The van der Waals surface area contributed by atoms with E-state index in [1.807, 2.05) is 0 Å². The molecule has 0 radical (unpaired) electrons. The number of nitrogens with zero attached hydrogens (tertiary/aromatic N) is 2. The van der Waals surface area contributed by atoms with Crippen molar-refractivity contribution in [3.63, 3.8) is 0 Å². The Morgan fingerprint density at radius 1 is 0.659 bits per heavy atom. The van der Waals surface area contributed by atoms with Crippen LogP contribution in [0.1, 0.15) is 41.4 Å². The van der Waals surface area contributed by atoms with Gasteiger partial charge in [-0.3, -0.25) is 24.4 Å². The molecule has 0 fully saturated rings. The lowest BCUT2D eigenvalue weighted by Crippen LogP contribution is -2.31. The fourth-order valence-corrected chi connectivity index (χ4v) is 5.04. The van der Waals surface area contributed by atoms with E-state index in [1.54, 1.807) is 36.4 Å². The van der Waals surface area contributed by atoms with Crippen LogP contribution in [0.2, 0.25) is 51.4 Å². The average Bonchev–Trinajstić information content (AvgIpc) is 3.28. The molecule has 4 amide bonds. The summed E-state index contributed by atoms with van der Waals surface area (Å²) in [5.74, 6) is -2.18. The highest BCUT2D eigenvalue weighted by Crippen LogP contribution is 2.23. The van der Waals surface area contributed by atoms with E-state index in [1.165, 1.54) is 18.2 Å². The van der Waals surface area contributed by atoms with E-state index in [-0.39, 0.29) is 23.0 Å². The van der Waals surface area contributed by atoms with Gasteiger partial charge in [0.05, 0.1) is 22.3 Å². The lowest BCUT2D eigenvalue weighted by atomic mass is 10.1. The number of carbonyl (C=O) groups excluding carboxylic acids is 4. The highest BCUT2D eigenvalue weighted by Gasteiger charge is 2.36. The summed E-state index contributed by atoms with van der Waals surface area (Å²) < 4.78 is 10.3. The summed E-state index contributed by atoms with van der Waals surface area (Å²) in [5.41, 5.74) is 1.26. The zero-order valence-electron chi connectivity index (χ0n) is 24.4. The van der Waals surface area contributed by atoms with Crippen molar-refractivity contribution in [1.29, 1.82) is 0 Å². The first kappa shape index (κ1) is 34.5. The van der Waals surface area contributed by atoms with Crippen LogP contribution in [-0.4, -0.2) is 81.2 Å². The quantitative estimate of drug-likeness (QED) is 0.0889. The SMILES string of the molecule is C[Si](C)(C)CCOCCl.C[Si](C)(C)CCOCON1C(=O)c2ccccc2C1=O.O=C1c2ccccc2C(=O)N1O. The van der Waals surface area contributed by atoms with Gasteiger partial charge in [-0.15, -0.1) is 10.1 Å². The topological polar surface area (TPSA) is 123 Å². The van der Waals surface area contributed by atoms with Crippen molar-refractivity contribution < 1.29 is 38.7 Å². The Kier molecular flexibility index (Phi) is 13.0. The van der Waals surface area contributed by atoms with Gasteiger partial charge in [-0.2, -0.15) is 0 Å². The van der Waals surface area contributed by atoms with Gasteiger partial charge in [0.15, 0.2) is 6.79 Å². The normalized spacial score (nSPS) is 14.3. The van der Waals surface area contributed by atoms with Crippen molar-refractivity contribution in [3.8, 4) is 0 Å². The fourth-order valence-electron chi connectivity index (χ4n) is 3.42. The molecular weight excluding hydrogens is 584 g/mol. The van der Waals surface area contributed by atoms with Crippen LogP contribution in [0.4, 0.5) is 0 Å². The molecule has 2 aromatic rings. The van der Waals surface area contributed by atoms with E-state index in [9.17, 15) is 19.2 Å². The van der Waals surface area contributed by atoms with Crippen LogP contribution in [0.25, 0.3) is 0 Å². The molecule has 0 spiro atoms.